The van der Waals surface area contributed by atoms with Crippen molar-refractivity contribution in [2.75, 3.05) is 5.32 Å². The Kier molecular flexibility index (Phi) is 6.20. The number of hydrogen-bond donors (Lipinski definition) is 2. The van der Waals surface area contributed by atoms with Gasteiger partial charge < -0.3 is 10.6 Å². The van der Waals surface area contributed by atoms with Crippen molar-refractivity contribution in [1.82, 2.24) is 5.32 Å². The summed E-state index contributed by atoms with van der Waals surface area (Å²) >= 11 is 21.3. The Balaban J connectivity index is 2.18. The fourth-order valence-electron chi connectivity index (χ4n) is 1.91. The highest BCUT2D eigenvalue weighted by atomic mass is 79.9. The summed E-state index contributed by atoms with van der Waals surface area (Å²) in [6, 6.07) is 14.5. The van der Waals surface area contributed by atoms with Crippen LogP contribution in [0.25, 0.3) is 0 Å². The van der Waals surface area contributed by atoms with Gasteiger partial charge in [0.25, 0.3) is 5.91 Å². The van der Waals surface area contributed by atoms with Crippen LogP contribution in [0.1, 0.15) is 15.9 Å². The lowest BCUT2D eigenvalue weighted by Crippen LogP contribution is -2.49. The highest BCUT2D eigenvalue weighted by Gasteiger charge is 2.34. The van der Waals surface area contributed by atoms with Crippen molar-refractivity contribution in [3.8, 4) is 0 Å². The molecule has 0 saturated heterocycles. The van der Waals surface area contributed by atoms with E-state index in [1.165, 1.54) is 0 Å². The fraction of sp³-hybridized carbons (Fsp3) is 0.188. The number of aryl methyl sites for hydroxylation is 1. The van der Waals surface area contributed by atoms with Crippen molar-refractivity contribution >= 4 is 62.3 Å². The van der Waals surface area contributed by atoms with Gasteiger partial charge in [-0.2, -0.15) is 0 Å². The third kappa shape index (κ3) is 5.28. The van der Waals surface area contributed by atoms with Crippen LogP contribution < -0.4 is 10.6 Å². The molecule has 0 aliphatic carbocycles. The van der Waals surface area contributed by atoms with Crippen LogP contribution in [0.2, 0.25) is 0 Å². The quantitative estimate of drug-likeness (QED) is 0.505. The summed E-state index contributed by atoms with van der Waals surface area (Å²) in [6.07, 6.45) is -0.884. The standard InChI is InChI=1S/C16H14BrCl3N2O/c1-10-4-2-3-5-13(10)21-15(16(18,19)20)22-14(23)11-6-8-12(17)9-7-11/h2-9,15,21H,1H3,(H,22,23). The molecule has 0 fully saturated rings. The van der Waals surface area contributed by atoms with E-state index in [-0.39, 0.29) is 5.91 Å². The molecule has 0 heterocycles. The number of benzene rings is 2. The summed E-state index contributed by atoms with van der Waals surface area (Å²) in [5.41, 5.74) is 2.23. The SMILES string of the molecule is Cc1ccccc1NC(NC(=O)c1ccc(Br)cc1)C(Cl)(Cl)Cl. The van der Waals surface area contributed by atoms with Crippen LogP contribution >= 0.6 is 50.7 Å². The van der Waals surface area contributed by atoms with Crippen LogP contribution in [-0.2, 0) is 0 Å². The number of halogens is 4. The van der Waals surface area contributed by atoms with Crippen LogP contribution in [0.15, 0.2) is 53.0 Å². The molecule has 0 aliphatic heterocycles. The van der Waals surface area contributed by atoms with Gasteiger partial charge in [-0.05, 0) is 42.8 Å². The first-order chi connectivity index (χ1) is 10.8. The number of amides is 1. The van der Waals surface area contributed by atoms with E-state index >= 15 is 0 Å². The van der Waals surface area contributed by atoms with Crippen molar-refractivity contribution in [3.05, 3.63) is 64.1 Å². The molecule has 7 heteroatoms. The van der Waals surface area contributed by atoms with Gasteiger partial charge in [-0.25, -0.2) is 0 Å². The maximum absolute atomic E-state index is 12.3. The van der Waals surface area contributed by atoms with E-state index < -0.39 is 9.96 Å². The largest absolute Gasteiger partial charge is 0.362 e. The molecule has 2 aromatic carbocycles. The van der Waals surface area contributed by atoms with Crippen molar-refractivity contribution in [3.63, 3.8) is 0 Å². The van der Waals surface area contributed by atoms with Crippen molar-refractivity contribution in [2.24, 2.45) is 0 Å². The van der Waals surface area contributed by atoms with Gasteiger partial charge in [-0.1, -0.05) is 68.9 Å². The molecule has 1 unspecified atom stereocenters. The monoisotopic (exact) mass is 434 g/mol. The van der Waals surface area contributed by atoms with Gasteiger partial charge in [-0.3, -0.25) is 4.79 Å². The maximum Gasteiger partial charge on any atom is 0.252 e. The lowest BCUT2D eigenvalue weighted by atomic mass is 10.2. The first-order valence-electron chi connectivity index (χ1n) is 6.72. The predicted molar refractivity (Wildman–Crippen MR) is 100 cm³/mol. The lowest BCUT2D eigenvalue weighted by molar-refractivity contribution is 0.0942. The molecule has 0 bridgehead atoms. The van der Waals surface area contributed by atoms with E-state index in [1.54, 1.807) is 24.3 Å². The normalized spacial score (nSPS) is 12.6. The maximum atomic E-state index is 12.3. The zero-order valence-electron chi connectivity index (χ0n) is 12.1. The molecule has 3 nitrogen and oxygen atoms in total. The van der Waals surface area contributed by atoms with Crippen LogP contribution in [0.4, 0.5) is 5.69 Å². The van der Waals surface area contributed by atoms with Crippen molar-refractivity contribution < 1.29 is 4.79 Å². The van der Waals surface area contributed by atoms with E-state index in [4.69, 9.17) is 34.8 Å². The number of carbonyl (C=O) groups excluding carboxylic acids is 1. The average molecular weight is 437 g/mol. The van der Waals surface area contributed by atoms with Gasteiger partial charge in [0, 0.05) is 15.7 Å². The minimum absolute atomic E-state index is 0.338. The third-order valence-electron chi connectivity index (χ3n) is 3.15. The van der Waals surface area contributed by atoms with Gasteiger partial charge in [0.05, 0.1) is 0 Å². The smallest absolute Gasteiger partial charge is 0.252 e. The van der Waals surface area contributed by atoms with Crippen molar-refractivity contribution in [2.45, 2.75) is 16.9 Å². The average Bonchev–Trinajstić information content (AvgIpc) is 2.48. The molecular formula is C16H14BrCl3N2O. The molecule has 0 aromatic heterocycles. The van der Waals surface area contributed by atoms with E-state index in [9.17, 15) is 4.79 Å². The molecule has 0 radical (unpaired) electrons. The van der Waals surface area contributed by atoms with Crippen molar-refractivity contribution in [1.29, 1.82) is 0 Å². The summed E-state index contributed by atoms with van der Waals surface area (Å²) in [7, 11) is 0. The van der Waals surface area contributed by atoms with Gasteiger partial charge in [0.15, 0.2) is 0 Å². The molecule has 0 aliphatic rings. The summed E-state index contributed by atoms with van der Waals surface area (Å²) in [4.78, 5) is 12.3. The minimum atomic E-state index is -1.71. The number of alkyl halides is 3. The number of carbonyl (C=O) groups is 1. The Morgan fingerprint density at radius 2 is 1.70 bits per heavy atom. The number of anilines is 1. The summed E-state index contributed by atoms with van der Waals surface area (Å²) in [5, 5.41) is 5.77. The topological polar surface area (TPSA) is 41.1 Å². The Morgan fingerprint density at radius 3 is 2.26 bits per heavy atom. The lowest BCUT2D eigenvalue weighted by Gasteiger charge is -2.28. The zero-order chi connectivity index (χ0) is 17.0. The highest BCUT2D eigenvalue weighted by Crippen LogP contribution is 2.32. The Labute approximate surface area is 158 Å². The molecule has 0 saturated carbocycles. The fourth-order valence-corrected chi connectivity index (χ4v) is 2.50. The van der Waals surface area contributed by atoms with Crippen LogP contribution in [0.3, 0.4) is 0 Å². The van der Waals surface area contributed by atoms with Gasteiger partial charge in [0.1, 0.15) is 6.17 Å². The number of para-hydroxylation sites is 1. The molecule has 2 N–H and O–H groups in total. The number of hydrogen-bond acceptors (Lipinski definition) is 2. The molecule has 2 rings (SSSR count). The van der Waals surface area contributed by atoms with Gasteiger partial charge in [-0.15, -0.1) is 0 Å². The third-order valence-corrected chi connectivity index (χ3v) is 4.34. The first kappa shape index (κ1) is 18.4. The summed E-state index contributed by atoms with van der Waals surface area (Å²) in [5.74, 6) is -0.338. The van der Waals surface area contributed by atoms with E-state index in [0.29, 0.717) is 5.56 Å². The predicted octanol–water partition coefficient (Wildman–Crippen LogP) is 5.30. The van der Waals surface area contributed by atoms with Crippen LogP contribution in [0, 0.1) is 6.92 Å². The second-order valence-corrected chi connectivity index (χ2v) is 8.20. The Hall–Kier alpha value is -0.940. The van der Waals surface area contributed by atoms with Gasteiger partial charge >= 0.3 is 0 Å². The highest BCUT2D eigenvalue weighted by molar-refractivity contribution is 9.10. The molecule has 122 valence electrons. The number of nitrogens with one attached hydrogen (secondary N) is 2. The van der Waals surface area contributed by atoms with E-state index in [0.717, 1.165) is 15.7 Å². The minimum Gasteiger partial charge on any atom is -0.362 e. The zero-order valence-corrected chi connectivity index (χ0v) is 16.0. The van der Waals surface area contributed by atoms with Gasteiger partial charge in [0.2, 0.25) is 3.79 Å². The summed E-state index contributed by atoms with van der Waals surface area (Å²) < 4.78 is -0.835. The number of rotatable bonds is 4. The molecule has 1 amide bonds. The van der Waals surface area contributed by atoms with Crippen LogP contribution in [0.5, 0.6) is 0 Å². The Bertz CT molecular complexity index is 686. The van der Waals surface area contributed by atoms with Crippen LogP contribution in [-0.4, -0.2) is 15.9 Å². The van der Waals surface area contributed by atoms with E-state index in [2.05, 4.69) is 26.6 Å². The molecule has 23 heavy (non-hydrogen) atoms. The second kappa shape index (κ2) is 7.75. The molecule has 2 aromatic rings. The molecule has 0 spiro atoms. The molecular weight excluding hydrogens is 422 g/mol. The summed E-state index contributed by atoms with van der Waals surface area (Å²) in [6.45, 7) is 1.92. The second-order valence-electron chi connectivity index (χ2n) is 4.91. The van der Waals surface area contributed by atoms with E-state index in [1.807, 2.05) is 31.2 Å². The molecule has 1 atom stereocenters. The Morgan fingerprint density at radius 1 is 1.09 bits per heavy atom. The first-order valence-corrected chi connectivity index (χ1v) is 8.65.